The molecule has 2 aliphatic heterocycles. The molecule has 2 unspecified atom stereocenters. The van der Waals surface area contributed by atoms with Gasteiger partial charge in [-0.1, -0.05) is 6.92 Å². The van der Waals surface area contributed by atoms with Gasteiger partial charge >= 0.3 is 5.97 Å². The third-order valence-electron chi connectivity index (χ3n) is 8.22. The predicted molar refractivity (Wildman–Crippen MR) is 122 cm³/mol. The van der Waals surface area contributed by atoms with Crippen molar-refractivity contribution in [3.05, 3.63) is 61.7 Å². The summed E-state index contributed by atoms with van der Waals surface area (Å²) in [6, 6.07) is 3.10. The fourth-order valence-corrected chi connectivity index (χ4v) is 6.32. The van der Waals surface area contributed by atoms with Crippen LogP contribution in [0, 0.1) is 12.7 Å². The van der Waals surface area contributed by atoms with E-state index in [1.807, 2.05) is 0 Å². The van der Waals surface area contributed by atoms with Crippen LogP contribution < -0.4 is 5.56 Å². The smallest absolute Gasteiger partial charge is 0.340 e. The molecular weight excluding hydrogens is 439 g/mol. The summed E-state index contributed by atoms with van der Waals surface area (Å²) >= 11 is 0. The first-order valence-corrected chi connectivity index (χ1v) is 11.7. The number of rotatable bonds is 3. The standard InChI is InChI=1S/C26H25FN2O5/c1-3-26(6-7-30)5-4-13-12(2)17(27)9-18-20(13)21(26)15-10-29-19(22(15)28-18)8-14-16(24(29)32)11-34-25(33)23(14)31/h8-9,23,30-31H,3-7,10-11H2,1-2H3. The summed E-state index contributed by atoms with van der Waals surface area (Å²) in [7, 11) is 0. The Hall–Kier alpha value is -3.10. The summed E-state index contributed by atoms with van der Waals surface area (Å²) in [5.41, 5.74) is 4.97. The van der Waals surface area contributed by atoms with E-state index in [2.05, 4.69) is 6.92 Å². The second-order valence-corrected chi connectivity index (χ2v) is 9.64. The number of carbonyl (C=O) groups excluding carboxylic acids is 1. The van der Waals surface area contributed by atoms with Crippen molar-refractivity contribution in [1.82, 2.24) is 9.55 Å². The van der Waals surface area contributed by atoms with Crippen molar-refractivity contribution in [3.63, 3.8) is 0 Å². The van der Waals surface area contributed by atoms with E-state index >= 15 is 0 Å². The van der Waals surface area contributed by atoms with Crippen molar-refractivity contribution in [3.8, 4) is 11.4 Å². The molecule has 3 aliphatic rings. The van der Waals surface area contributed by atoms with Crippen LogP contribution in [-0.4, -0.2) is 32.3 Å². The number of esters is 1. The average molecular weight is 464 g/mol. The van der Waals surface area contributed by atoms with E-state index in [-0.39, 0.29) is 41.1 Å². The molecule has 2 atom stereocenters. The van der Waals surface area contributed by atoms with Crippen LogP contribution in [0.25, 0.3) is 22.3 Å². The summed E-state index contributed by atoms with van der Waals surface area (Å²) < 4.78 is 21.5. The summed E-state index contributed by atoms with van der Waals surface area (Å²) in [4.78, 5) is 30.2. The molecule has 6 rings (SSSR count). The second kappa shape index (κ2) is 7.20. The van der Waals surface area contributed by atoms with Gasteiger partial charge in [0.2, 0.25) is 0 Å². The van der Waals surface area contributed by atoms with Crippen LogP contribution >= 0.6 is 0 Å². The molecule has 3 aromatic rings. The maximum atomic E-state index is 14.9. The van der Waals surface area contributed by atoms with E-state index in [0.29, 0.717) is 41.9 Å². The molecule has 176 valence electrons. The lowest BCUT2D eigenvalue weighted by molar-refractivity contribution is -0.157. The molecule has 1 aliphatic carbocycles. The molecule has 0 saturated heterocycles. The van der Waals surface area contributed by atoms with Crippen LogP contribution in [0.4, 0.5) is 4.39 Å². The molecule has 0 bridgehead atoms. The topological polar surface area (TPSA) is 102 Å². The largest absolute Gasteiger partial charge is 0.458 e. The number of cyclic esters (lactones) is 1. The van der Waals surface area contributed by atoms with Gasteiger partial charge in [0, 0.05) is 29.2 Å². The first-order valence-electron chi connectivity index (χ1n) is 11.7. The van der Waals surface area contributed by atoms with Gasteiger partial charge in [-0.15, -0.1) is 0 Å². The Morgan fingerprint density at radius 1 is 1.26 bits per heavy atom. The van der Waals surface area contributed by atoms with Gasteiger partial charge in [-0.3, -0.25) is 4.79 Å². The number of hydrogen-bond donors (Lipinski definition) is 2. The lowest BCUT2D eigenvalue weighted by atomic mass is 9.64. The highest BCUT2D eigenvalue weighted by molar-refractivity contribution is 5.93. The van der Waals surface area contributed by atoms with Crippen molar-refractivity contribution >= 4 is 16.9 Å². The molecule has 0 saturated carbocycles. The van der Waals surface area contributed by atoms with Crippen molar-refractivity contribution in [2.45, 2.75) is 64.2 Å². The molecule has 7 nitrogen and oxygen atoms in total. The number of nitrogens with zero attached hydrogens (tertiary/aromatic N) is 2. The Balaban J connectivity index is 1.72. The fourth-order valence-electron chi connectivity index (χ4n) is 6.32. The van der Waals surface area contributed by atoms with Crippen molar-refractivity contribution in [1.29, 1.82) is 0 Å². The third-order valence-corrected chi connectivity index (χ3v) is 8.22. The molecule has 2 N–H and O–H groups in total. The van der Waals surface area contributed by atoms with Crippen molar-refractivity contribution < 1.29 is 24.1 Å². The lowest BCUT2D eigenvalue weighted by Gasteiger charge is -2.40. The van der Waals surface area contributed by atoms with Crippen molar-refractivity contribution in [2.24, 2.45) is 0 Å². The Labute approximate surface area is 194 Å². The number of aromatic nitrogens is 2. The van der Waals surface area contributed by atoms with E-state index in [9.17, 15) is 24.2 Å². The number of halogens is 1. The van der Waals surface area contributed by atoms with E-state index in [1.54, 1.807) is 17.6 Å². The average Bonchev–Trinajstić information content (AvgIpc) is 3.19. The minimum absolute atomic E-state index is 0.0226. The molecule has 0 spiro atoms. The van der Waals surface area contributed by atoms with Gasteiger partial charge < -0.3 is 19.5 Å². The number of hydrogen-bond acceptors (Lipinski definition) is 6. The van der Waals surface area contributed by atoms with Crippen LogP contribution in [-0.2, 0) is 34.5 Å². The summed E-state index contributed by atoms with van der Waals surface area (Å²) in [5.74, 6) is -1.10. The first kappa shape index (κ1) is 21.4. The zero-order chi connectivity index (χ0) is 23.9. The molecule has 4 heterocycles. The highest BCUT2D eigenvalue weighted by Crippen LogP contribution is 2.51. The maximum absolute atomic E-state index is 14.9. The van der Waals surface area contributed by atoms with Gasteiger partial charge in [-0.05, 0) is 60.8 Å². The molecule has 34 heavy (non-hydrogen) atoms. The van der Waals surface area contributed by atoms with E-state index in [0.717, 1.165) is 34.9 Å². The minimum Gasteiger partial charge on any atom is -0.458 e. The Bertz CT molecular complexity index is 1480. The number of carbonyl (C=O) groups is 1. The fraction of sp³-hybridized carbons (Fsp3) is 0.423. The number of aryl methyl sites for hydroxylation is 1. The van der Waals surface area contributed by atoms with Gasteiger partial charge in [-0.2, -0.15) is 0 Å². The maximum Gasteiger partial charge on any atom is 0.340 e. The van der Waals surface area contributed by atoms with E-state index in [4.69, 9.17) is 9.72 Å². The molecule has 0 fully saturated rings. The molecule has 0 radical (unpaired) electrons. The predicted octanol–water partition coefficient (Wildman–Crippen LogP) is 2.94. The normalized spacial score (nSPS) is 22.4. The van der Waals surface area contributed by atoms with Gasteiger partial charge in [0.25, 0.3) is 5.56 Å². The number of benzene rings is 1. The SMILES string of the molecule is CCC1(CCO)CCc2c(C)c(F)cc3nc4c(c1c23)Cn1c-4cc2c(c1=O)COC(=O)C2O. The van der Waals surface area contributed by atoms with Crippen molar-refractivity contribution in [2.75, 3.05) is 6.61 Å². The Morgan fingerprint density at radius 2 is 2.06 bits per heavy atom. The summed E-state index contributed by atoms with van der Waals surface area (Å²) in [5, 5.41) is 21.3. The van der Waals surface area contributed by atoms with Crippen LogP contribution in [0.1, 0.15) is 65.7 Å². The molecular formula is C26H25FN2O5. The first-order chi connectivity index (χ1) is 16.3. The monoisotopic (exact) mass is 464 g/mol. The Morgan fingerprint density at radius 3 is 2.79 bits per heavy atom. The quantitative estimate of drug-likeness (QED) is 0.452. The third kappa shape index (κ3) is 2.61. The van der Waals surface area contributed by atoms with Gasteiger partial charge in [0.05, 0.1) is 29.0 Å². The van der Waals surface area contributed by atoms with Gasteiger partial charge in [0.1, 0.15) is 12.4 Å². The number of fused-ring (bicyclic) bond motifs is 5. The van der Waals surface area contributed by atoms with E-state index in [1.165, 1.54) is 6.07 Å². The number of pyridine rings is 2. The number of aliphatic hydroxyl groups is 2. The Kier molecular flexibility index (Phi) is 4.54. The van der Waals surface area contributed by atoms with E-state index < -0.39 is 12.1 Å². The lowest BCUT2D eigenvalue weighted by Crippen LogP contribution is -2.34. The van der Waals surface area contributed by atoms with Crippen LogP contribution in [0.5, 0.6) is 0 Å². The van der Waals surface area contributed by atoms with Crippen LogP contribution in [0.15, 0.2) is 16.9 Å². The summed E-state index contributed by atoms with van der Waals surface area (Å²) in [6.45, 7) is 4.03. The second-order valence-electron chi connectivity index (χ2n) is 9.64. The zero-order valence-electron chi connectivity index (χ0n) is 19.1. The molecule has 0 amide bonds. The number of ether oxygens (including phenoxy) is 1. The number of aliphatic hydroxyl groups excluding tert-OH is 2. The zero-order valence-corrected chi connectivity index (χ0v) is 19.1. The highest BCUT2D eigenvalue weighted by Gasteiger charge is 2.42. The molecule has 8 heteroatoms. The molecule has 2 aromatic heterocycles. The van der Waals surface area contributed by atoms with Crippen LogP contribution in [0.2, 0.25) is 0 Å². The van der Waals surface area contributed by atoms with Gasteiger partial charge in [0.15, 0.2) is 6.10 Å². The summed E-state index contributed by atoms with van der Waals surface area (Å²) in [6.07, 6.45) is 1.30. The minimum atomic E-state index is -1.53. The van der Waals surface area contributed by atoms with Gasteiger partial charge in [-0.25, -0.2) is 14.2 Å². The molecule has 1 aromatic carbocycles. The highest BCUT2D eigenvalue weighted by atomic mass is 19.1. The van der Waals surface area contributed by atoms with Crippen LogP contribution in [0.3, 0.4) is 0 Å².